The van der Waals surface area contributed by atoms with Crippen LogP contribution in [-0.2, 0) is 21.7 Å². The third kappa shape index (κ3) is 3.20. The molecule has 0 saturated carbocycles. The molecule has 6 heteroatoms. The van der Waals surface area contributed by atoms with Gasteiger partial charge in [-0.15, -0.1) is 0 Å². The fourth-order valence-corrected chi connectivity index (χ4v) is 2.98. The van der Waals surface area contributed by atoms with Crippen molar-refractivity contribution >= 4 is 22.9 Å². The third-order valence-electron chi connectivity index (χ3n) is 4.12. The van der Waals surface area contributed by atoms with Gasteiger partial charge in [0.1, 0.15) is 0 Å². The van der Waals surface area contributed by atoms with Crippen molar-refractivity contribution in [3.05, 3.63) is 83.4 Å². The van der Waals surface area contributed by atoms with Crippen molar-refractivity contribution in [1.29, 1.82) is 0 Å². The summed E-state index contributed by atoms with van der Waals surface area (Å²) >= 11 is 0. The zero-order valence-electron chi connectivity index (χ0n) is 13.4. The van der Waals surface area contributed by atoms with E-state index in [0.29, 0.717) is 11.1 Å². The molecule has 0 radical (unpaired) electrons. The molecule has 0 aromatic heterocycles. The van der Waals surface area contributed by atoms with E-state index in [2.05, 4.69) is 9.98 Å². The molecule has 128 valence electrons. The molecule has 0 N–H and O–H groups in total. The Morgan fingerprint density at radius 3 is 2.23 bits per heavy atom. The van der Waals surface area contributed by atoms with Gasteiger partial charge in [0, 0.05) is 12.0 Å². The number of hydrogen-bond donors (Lipinski definition) is 0. The van der Waals surface area contributed by atoms with Gasteiger partial charge in [0.2, 0.25) is 17.8 Å². The number of halogens is 2. The zero-order chi connectivity index (χ0) is 18.6. The van der Waals surface area contributed by atoms with Crippen LogP contribution in [0.3, 0.4) is 0 Å². The van der Waals surface area contributed by atoms with Gasteiger partial charge in [-0.25, -0.2) is 18.4 Å². The summed E-state index contributed by atoms with van der Waals surface area (Å²) in [7, 11) is 0. The van der Waals surface area contributed by atoms with Crippen LogP contribution in [0.25, 0.3) is 10.8 Å². The number of benzene rings is 3. The highest BCUT2D eigenvalue weighted by molar-refractivity contribution is 5.86. The second-order valence-electron chi connectivity index (χ2n) is 5.67. The van der Waals surface area contributed by atoms with Crippen LogP contribution in [-0.4, -0.2) is 12.2 Å². The van der Waals surface area contributed by atoms with E-state index >= 15 is 0 Å². The normalized spacial score (nSPS) is 12.7. The topological polar surface area (TPSA) is 58.9 Å². The maximum absolute atomic E-state index is 13.6. The Kier molecular flexibility index (Phi) is 4.81. The average molecular weight is 350 g/mol. The van der Waals surface area contributed by atoms with Crippen molar-refractivity contribution in [1.82, 2.24) is 0 Å². The molecule has 0 atom stereocenters. The summed E-state index contributed by atoms with van der Waals surface area (Å²) in [4.78, 5) is 29.7. The first-order chi connectivity index (χ1) is 12.6. The number of carbonyl (C=O) groups excluding carboxylic acids is 2. The van der Waals surface area contributed by atoms with E-state index in [4.69, 9.17) is 0 Å². The molecule has 0 aliphatic carbocycles. The van der Waals surface area contributed by atoms with Crippen molar-refractivity contribution in [3.8, 4) is 0 Å². The second kappa shape index (κ2) is 7.19. The summed E-state index contributed by atoms with van der Waals surface area (Å²) in [6.07, 6.45) is 2.74. The van der Waals surface area contributed by atoms with Crippen molar-refractivity contribution in [2.24, 2.45) is 9.98 Å². The Morgan fingerprint density at radius 2 is 1.54 bits per heavy atom. The predicted molar refractivity (Wildman–Crippen MR) is 91.9 cm³/mol. The lowest BCUT2D eigenvalue weighted by molar-refractivity contribution is 0.451. The minimum absolute atomic E-state index is 0.136. The molecule has 0 saturated heterocycles. The van der Waals surface area contributed by atoms with Crippen LogP contribution in [0.2, 0.25) is 0 Å². The third-order valence-corrected chi connectivity index (χ3v) is 4.12. The summed E-state index contributed by atoms with van der Waals surface area (Å²) in [5, 5.41) is 1.57. The van der Waals surface area contributed by atoms with Crippen LogP contribution in [0.5, 0.6) is 0 Å². The highest BCUT2D eigenvalue weighted by Gasteiger charge is 2.34. The summed E-state index contributed by atoms with van der Waals surface area (Å²) in [6.45, 7) is 0. The minimum Gasteiger partial charge on any atom is -0.211 e. The highest BCUT2D eigenvalue weighted by atomic mass is 19.2. The Morgan fingerprint density at radius 1 is 0.846 bits per heavy atom. The maximum atomic E-state index is 13.6. The first kappa shape index (κ1) is 17.4. The van der Waals surface area contributed by atoms with Crippen LogP contribution in [0.15, 0.2) is 70.6 Å². The monoisotopic (exact) mass is 350 g/mol. The number of fused-ring (bicyclic) bond motifs is 1. The molecule has 0 unspecified atom stereocenters. The molecule has 0 aliphatic heterocycles. The van der Waals surface area contributed by atoms with Gasteiger partial charge in [-0.05, 0) is 28.5 Å². The Hall–Kier alpha value is -3.46. The number of nitrogens with zero attached hydrogens (tertiary/aromatic N) is 2. The number of hydrogen-bond acceptors (Lipinski definition) is 4. The first-order valence-corrected chi connectivity index (χ1v) is 7.70. The van der Waals surface area contributed by atoms with Gasteiger partial charge in [-0.1, -0.05) is 48.5 Å². The molecule has 0 amide bonds. The van der Waals surface area contributed by atoms with E-state index in [0.717, 1.165) is 22.9 Å². The lowest BCUT2D eigenvalue weighted by Gasteiger charge is -2.24. The molecule has 0 fully saturated rings. The van der Waals surface area contributed by atoms with Gasteiger partial charge in [0.25, 0.3) is 0 Å². The van der Waals surface area contributed by atoms with Crippen LogP contribution in [0.1, 0.15) is 11.1 Å². The molecular weight excluding hydrogens is 338 g/mol. The van der Waals surface area contributed by atoms with E-state index in [9.17, 15) is 18.4 Å². The van der Waals surface area contributed by atoms with Crippen molar-refractivity contribution < 1.29 is 18.4 Å². The summed E-state index contributed by atoms with van der Waals surface area (Å²) in [5.41, 5.74) is -0.892. The number of rotatable bonds is 5. The molecule has 3 aromatic carbocycles. The molecule has 26 heavy (non-hydrogen) atoms. The maximum Gasteiger partial charge on any atom is 0.237 e. The van der Waals surface area contributed by atoms with Gasteiger partial charge >= 0.3 is 0 Å². The van der Waals surface area contributed by atoms with Crippen molar-refractivity contribution in [2.75, 3.05) is 0 Å². The summed E-state index contributed by atoms with van der Waals surface area (Å²) in [5.74, 6) is -2.04. The SMILES string of the molecule is O=C=NC(Cc1ccc(F)c(F)c1)(N=C=O)c1cccc2ccccc12. The average Bonchev–Trinajstić information content (AvgIpc) is 2.64. The molecule has 0 spiro atoms. The van der Waals surface area contributed by atoms with Gasteiger partial charge in [0.05, 0.1) is 0 Å². The zero-order valence-corrected chi connectivity index (χ0v) is 13.4. The van der Waals surface area contributed by atoms with Crippen LogP contribution >= 0.6 is 0 Å². The van der Waals surface area contributed by atoms with Crippen LogP contribution in [0.4, 0.5) is 8.78 Å². The number of isocyanates is 2. The highest BCUT2D eigenvalue weighted by Crippen LogP contribution is 2.36. The van der Waals surface area contributed by atoms with Crippen molar-refractivity contribution in [3.63, 3.8) is 0 Å². The van der Waals surface area contributed by atoms with Gasteiger partial charge < -0.3 is 0 Å². The lowest BCUT2D eigenvalue weighted by atomic mass is 9.89. The Bertz CT molecular complexity index is 1050. The molecule has 3 aromatic rings. The van der Waals surface area contributed by atoms with E-state index in [1.54, 1.807) is 24.3 Å². The predicted octanol–water partition coefficient (Wildman–Crippen LogP) is 4.19. The molecule has 0 bridgehead atoms. The quantitative estimate of drug-likeness (QED) is 0.512. The van der Waals surface area contributed by atoms with E-state index in [1.165, 1.54) is 18.2 Å². The molecule has 3 rings (SSSR count). The largest absolute Gasteiger partial charge is 0.237 e. The molecule has 0 heterocycles. The molecular formula is C20H12F2N2O2. The fourth-order valence-electron chi connectivity index (χ4n) is 2.98. The van der Waals surface area contributed by atoms with Gasteiger partial charge in [-0.3, -0.25) is 0 Å². The molecule has 0 aliphatic rings. The van der Waals surface area contributed by atoms with E-state index < -0.39 is 17.3 Å². The summed E-state index contributed by atoms with van der Waals surface area (Å²) < 4.78 is 26.8. The van der Waals surface area contributed by atoms with Crippen molar-refractivity contribution in [2.45, 2.75) is 12.1 Å². The standard InChI is InChI=1S/C20H12F2N2O2/c21-18-9-8-14(10-19(18)22)11-20(23-12-25,24-13-26)17-7-3-5-15-4-1-2-6-16(15)17/h1-10H,11H2. The van der Waals surface area contributed by atoms with Gasteiger partial charge in [0.15, 0.2) is 11.6 Å². The lowest BCUT2D eigenvalue weighted by Crippen LogP contribution is -2.25. The minimum atomic E-state index is -1.67. The Labute approximate surface area is 147 Å². The number of aliphatic imine (C=N–C) groups is 2. The van der Waals surface area contributed by atoms with Gasteiger partial charge in [-0.2, -0.15) is 9.98 Å². The van der Waals surface area contributed by atoms with E-state index in [1.807, 2.05) is 18.2 Å². The van der Waals surface area contributed by atoms with Crippen LogP contribution < -0.4 is 0 Å². The molecule has 4 nitrogen and oxygen atoms in total. The smallest absolute Gasteiger partial charge is 0.211 e. The van der Waals surface area contributed by atoms with E-state index in [-0.39, 0.29) is 6.42 Å². The fraction of sp³-hybridized carbons (Fsp3) is 0.100. The first-order valence-electron chi connectivity index (χ1n) is 7.70. The second-order valence-corrected chi connectivity index (χ2v) is 5.67. The summed E-state index contributed by atoms with van der Waals surface area (Å²) in [6, 6.07) is 15.8. The Balaban J connectivity index is 2.25. The van der Waals surface area contributed by atoms with Crippen LogP contribution in [0, 0.1) is 11.6 Å².